The van der Waals surface area contributed by atoms with E-state index in [1.807, 2.05) is 24.3 Å². The van der Waals surface area contributed by atoms with Crippen LogP contribution in [0.25, 0.3) is 0 Å². The second-order valence-corrected chi connectivity index (χ2v) is 3.85. The summed E-state index contributed by atoms with van der Waals surface area (Å²) in [5, 5.41) is 11.6. The lowest BCUT2D eigenvalue weighted by atomic mass is 10.1. The van der Waals surface area contributed by atoms with Gasteiger partial charge < -0.3 is 16.2 Å². The number of nitrogens with one attached hydrogen (secondary N) is 1. The molecule has 0 bridgehead atoms. The van der Waals surface area contributed by atoms with E-state index in [0.29, 0.717) is 25.1 Å². The van der Waals surface area contributed by atoms with Crippen molar-refractivity contribution in [3.63, 3.8) is 0 Å². The SMILES string of the molecule is CC(O)CNC(=O)CCc1ccccc1N. The van der Waals surface area contributed by atoms with E-state index in [-0.39, 0.29) is 5.91 Å². The standard InChI is InChI=1S/C12H18N2O2/c1-9(15)8-14-12(16)7-6-10-4-2-3-5-11(10)13/h2-5,9,15H,6-8,13H2,1H3,(H,14,16). The van der Waals surface area contributed by atoms with Gasteiger partial charge in [-0.2, -0.15) is 0 Å². The molecule has 0 aromatic heterocycles. The maximum absolute atomic E-state index is 11.4. The maximum atomic E-state index is 11.4. The Hall–Kier alpha value is -1.55. The number of hydrogen-bond acceptors (Lipinski definition) is 3. The second kappa shape index (κ2) is 6.12. The van der Waals surface area contributed by atoms with Crippen LogP contribution in [0.4, 0.5) is 5.69 Å². The van der Waals surface area contributed by atoms with Gasteiger partial charge in [-0.05, 0) is 25.0 Å². The van der Waals surface area contributed by atoms with Gasteiger partial charge in [0.25, 0.3) is 0 Å². The summed E-state index contributed by atoms with van der Waals surface area (Å²) in [6.45, 7) is 1.93. The Morgan fingerprint density at radius 1 is 1.50 bits per heavy atom. The first-order chi connectivity index (χ1) is 7.59. The molecular weight excluding hydrogens is 204 g/mol. The third kappa shape index (κ3) is 4.31. The van der Waals surface area contributed by atoms with E-state index in [9.17, 15) is 4.79 Å². The van der Waals surface area contributed by atoms with E-state index < -0.39 is 6.10 Å². The molecule has 1 rings (SSSR count). The number of carbonyl (C=O) groups is 1. The Balaban J connectivity index is 2.35. The van der Waals surface area contributed by atoms with Crippen molar-refractivity contribution in [3.05, 3.63) is 29.8 Å². The number of hydrogen-bond donors (Lipinski definition) is 3. The van der Waals surface area contributed by atoms with Crippen molar-refractivity contribution in [2.24, 2.45) is 0 Å². The van der Waals surface area contributed by atoms with Crippen molar-refractivity contribution in [1.29, 1.82) is 0 Å². The summed E-state index contributed by atoms with van der Waals surface area (Å²) in [6, 6.07) is 7.51. The summed E-state index contributed by atoms with van der Waals surface area (Å²) in [4.78, 5) is 11.4. The number of benzene rings is 1. The van der Waals surface area contributed by atoms with Gasteiger partial charge in [-0.15, -0.1) is 0 Å². The molecule has 1 aromatic rings. The molecular formula is C12H18N2O2. The number of aliphatic hydroxyl groups is 1. The Kier molecular flexibility index (Phi) is 4.79. The molecule has 0 aliphatic carbocycles. The maximum Gasteiger partial charge on any atom is 0.220 e. The van der Waals surface area contributed by atoms with Gasteiger partial charge in [0.05, 0.1) is 6.10 Å². The van der Waals surface area contributed by atoms with Crippen LogP contribution in [0.3, 0.4) is 0 Å². The van der Waals surface area contributed by atoms with Crippen molar-refractivity contribution in [1.82, 2.24) is 5.32 Å². The number of carbonyl (C=O) groups excluding carboxylic acids is 1. The number of nitrogen functional groups attached to an aromatic ring is 1. The molecule has 4 nitrogen and oxygen atoms in total. The van der Waals surface area contributed by atoms with Crippen LogP contribution < -0.4 is 11.1 Å². The molecule has 0 heterocycles. The average Bonchev–Trinajstić information content (AvgIpc) is 2.25. The quantitative estimate of drug-likeness (QED) is 0.642. The molecule has 0 fully saturated rings. The van der Waals surface area contributed by atoms with E-state index in [4.69, 9.17) is 10.8 Å². The number of aryl methyl sites for hydroxylation is 1. The molecule has 4 heteroatoms. The van der Waals surface area contributed by atoms with Crippen LogP contribution in [0, 0.1) is 0 Å². The first-order valence-corrected chi connectivity index (χ1v) is 5.37. The van der Waals surface area contributed by atoms with E-state index in [2.05, 4.69) is 5.32 Å². The zero-order valence-corrected chi connectivity index (χ0v) is 9.44. The van der Waals surface area contributed by atoms with Crippen LogP contribution in [0.5, 0.6) is 0 Å². The van der Waals surface area contributed by atoms with E-state index >= 15 is 0 Å². The largest absolute Gasteiger partial charge is 0.399 e. The smallest absolute Gasteiger partial charge is 0.220 e. The molecule has 16 heavy (non-hydrogen) atoms. The third-order valence-electron chi connectivity index (χ3n) is 2.27. The molecule has 0 saturated carbocycles. The van der Waals surface area contributed by atoms with Crippen LogP contribution in [0.1, 0.15) is 18.9 Å². The summed E-state index contributed by atoms with van der Waals surface area (Å²) in [6.07, 6.45) is 0.505. The predicted molar refractivity (Wildman–Crippen MR) is 63.9 cm³/mol. The van der Waals surface area contributed by atoms with Crippen molar-refractivity contribution in [2.45, 2.75) is 25.9 Å². The highest BCUT2D eigenvalue weighted by Crippen LogP contribution is 2.12. The van der Waals surface area contributed by atoms with Crippen molar-refractivity contribution < 1.29 is 9.90 Å². The monoisotopic (exact) mass is 222 g/mol. The Morgan fingerprint density at radius 2 is 2.19 bits per heavy atom. The van der Waals surface area contributed by atoms with Gasteiger partial charge in [0, 0.05) is 18.7 Å². The van der Waals surface area contributed by atoms with Gasteiger partial charge in [0.2, 0.25) is 5.91 Å². The van der Waals surface area contributed by atoms with Gasteiger partial charge in [0.15, 0.2) is 0 Å². The molecule has 1 unspecified atom stereocenters. The van der Waals surface area contributed by atoms with Crippen molar-refractivity contribution >= 4 is 11.6 Å². The minimum Gasteiger partial charge on any atom is -0.399 e. The Bertz CT molecular complexity index is 351. The van der Waals surface area contributed by atoms with Gasteiger partial charge >= 0.3 is 0 Å². The predicted octanol–water partition coefficient (Wildman–Crippen LogP) is 0.698. The van der Waals surface area contributed by atoms with Crippen LogP contribution >= 0.6 is 0 Å². The number of para-hydroxylation sites is 1. The highest BCUT2D eigenvalue weighted by molar-refractivity contribution is 5.76. The lowest BCUT2D eigenvalue weighted by molar-refractivity contribution is -0.121. The van der Waals surface area contributed by atoms with Gasteiger partial charge in [-0.1, -0.05) is 18.2 Å². The number of nitrogens with two attached hydrogens (primary N) is 1. The topological polar surface area (TPSA) is 75.3 Å². The molecule has 0 aliphatic heterocycles. The average molecular weight is 222 g/mol. The molecule has 1 amide bonds. The fourth-order valence-corrected chi connectivity index (χ4v) is 1.36. The zero-order valence-electron chi connectivity index (χ0n) is 9.44. The Morgan fingerprint density at radius 3 is 2.81 bits per heavy atom. The first kappa shape index (κ1) is 12.5. The second-order valence-electron chi connectivity index (χ2n) is 3.85. The zero-order chi connectivity index (χ0) is 12.0. The molecule has 0 radical (unpaired) electrons. The minimum absolute atomic E-state index is 0.0656. The summed E-state index contributed by atoms with van der Waals surface area (Å²) >= 11 is 0. The van der Waals surface area contributed by atoms with Crippen LogP contribution in [-0.4, -0.2) is 23.7 Å². The third-order valence-corrected chi connectivity index (χ3v) is 2.27. The normalized spacial score (nSPS) is 12.1. The summed E-state index contributed by atoms with van der Waals surface area (Å²) in [5.41, 5.74) is 7.45. The van der Waals surface area contributed by atoms with Crippen LogP contribution in [0.15, 0.2) is 24.3 Å². The molecule has 0 spiro atoms. The van der Waals surface area contributed by atoms with Gasteiger partial charge in [-0.25, -0.2) is 0 Å². The molecule has 4 N–H and O–H groups in total. The molecule has 1 atom stereocenters. The molecule has 0 aliphatic rings. The van der Waals surface area contributed by atoms with Crippen LogP contribution in [-0.2, 0) is 11.2 Å². The fourth-order valence-electron chi connectivity index (χ4n) is 1.36. The highest BCUT2D eigenvalue weighted by atomic mass is 16.3. The Labute approximate surface area is 95.5 Å². The summed E-state index contributed by atoms with van der Waals surface area (Å²) in [5.74, 6) is -0.0656. The highest BCUT2D eigenvalue weighted by Gasteiger charge is 2.04. The minimum atomic E-state index is -0.509. The molecule has 88 valence electrons. The van der Waals surface area contributed by atoms with E-state index in [1.54, 1.807) is 6.92 Å². The van der Waals surface area contributed by atoms with Crippen LogP contribution in [0.2, 0.25) is 0 Å². The number of amides is 1. The lowest BCUT2D eigenvalue weighted by Gasteiger charge is -2.08. The summed E-state index contributed by atoms with van der Waals surface area (Å²) in [7, 11) is 0. The number of aliphatic hydroxyl groups excluding tert-OH is 1. The number of anilines is 1. The first-order valence-electron chi connectivity index (χ1n) is 5.37. The fraction of sp³-hybridized carbons (Fsp3) is 0.417. The molecule has 0 saturated heterocycles. The number of rotatable bonds is 5. The van der Waals surface area contributed by atoms with Gasteiger partial charge in [-0.3, -0.25) is 4.79 Å². The summed E-state index contributed by atoms with van der Waals surface area (Å²) < 4.78 is 0. The lowest BCUT2D eigenvalue weighted by Crippen LogP contribution is -2.30. The van der Waals surface area contributed by atoms with Gasteiger partial charge in [0.1, 0.15) is 0 Å². The van der Waals surface area contributed by atoms with E-state index in [0.717, 1.165) is 5.56 Å². The van der Waals surface area contributed by atoms with Crippen molar-refractivity contribution in [3.8, 4) is 0 Å². The van der Waals surface area contributed by atoms with Crippen molar-refractivity contribution in [2.75, 3.05) is 12.3 Å². The molecule has 1 aromatic carbocycles. The van der Waals surface area contributed by atoms with E-state index in [1.165, 1.54) is 0 Å².